The van der Waals surface area contributed by atoms with Crippen LogP contribution in [-0.4, -0.2) is 56.7 Å². The molecule has 9 heteroatoms. The summed E-state index contributed by atoms with van der Waals surface area (Å²) in [5, 5.41) is 5.98. The summed E-state index contributed by atoms with van der Waals surface area (Å²) in [7, 11) is 0. The summed E-state index contributed by atoms with van der Waals surface area (Å²) in [6.07, 6.45) is 2.45. The third kappa shape index (κ3) is 4.02. The van der Waals surface area contributed by atoms with E-state index in [0.29, 0.717) is 48.8 Å². The number of aromatic nitrogens is 4. The van der Waals surface area contributed by atoms with Crippen molar-refractivity contribution in [1.82, 2.24) is 24.6 Å². The van der Waals surface area contributed by atoms with Gasteiger partial charge < -0.3 is 9.80 Å². The molecule has 0 unspecified atom stereocenters. The number of fused-ring (bicyclic) bond motifs is 1. The number of nitrogens with zero attached hydrogens (tertiary/aromatic N) is 6. The summed E-state index contributed by atoms with van der Waals surface area (Å²) < 4.78 is 14.9. The first kappa shape index (κ1) is 21.3. The van der Waals surface area contributed by atoms with Crippen LogP contribution >= 0.6 is 11.6 Å². The van der Waals surface area contributed by atoms with Crippen LogP contribution in [0, 0.1) is 5.82 Å². The summed E-state index contributed by atoms with van der Waals surface area (Å²) in [5.74, 6) is 1.08. The van der Waals surface area contributed by atoms with Crippen LogP contribution in [0.3, 0.4) is 0 Å². The van der Waals surface area contributed by atoms with Gasteiger partial charge in [-0.05, 0) is 36.4 Å². The van der Waals surface area contributed by atoms with E-state index in [1.54, 1.807) is 15.8 Å². The quantitative estimate of drug-likeness (QED) is 0.454. The first-order chi connectivity index (χ1) is 16.0. The van der Waals surface area contributed by atoms with Crippen molar-refractivity contribution in [1.29, 1.82) is 0 Å². The normalized spacial score (nSPS) is 14.2. The Balaban J connectivity index is 1.43. The molecular formula is C24H22ClFN6O. The van der Waals surface area contributed by atoms with E-state index < -0.39 is 0 Å². The second-order valence-electron chi connectivity index (χ2n) is 7.85. The van der Waals surface area contributed by atoms with Gasteiger partial charge in [0, 0.05) is 38.2 Å². The van der Waals surface area contributed by atoms with Crippen LogP contribution in [0.5, 0.6) is 0 Å². The van der Waals surface area contributed by atoms with Crippen molar-refractivity contribution in [3.8, 4) is 5.69 Å². The van der Waals surface area contributed by atoms with E-state index in [9.17, 15) is 9.18 Å². The van der Waals surface area contributed by atoms with E-state index in [1.807, 2.05) is 31.2 Å². The zero-order chi connectivity index (χ0) is 22.9. The molecule has 33 heavy (non-hydrogen) atoms. The van der Waals surface area contributed by atoms with Crippen molar-refractivity contribution in [2.75, 3.05) is 31.1 Å². The lowest BCUT2D eigenvalue weighted by Crippen LogP contribution is -2.49. The molecular weight excluding hydrogens is 443 g/mol. The van der Waals surface area contributed by atoms with Crippen LogP contribution in [0.25, 0.3) is 16.7 Å². The van der Waals surface area contributed by atoms with Crippen LogP contribution in [0.15, 0.2) is 54.7 Å². The number of amides is 1. The van der Waals surface area contributed by atoms with Gasteiger partial charge in [-0.25, -0.2) is 19.0 Å². The zero-order valence-corrected chi connectivity index (χ0v) is 18.8. The number of hydrogen-bond acceptors (Lipinski definition) is 5. The fourth-order valence-corrected chi connectivity index (χ4v) is 4.25. The standard InChI is InChI=1S/C24H22ClFN6O/c1-2-21-28-22(18-15-27-32(23(18)29-21)20-6-4-3-5-19(20)25)30-11-13-31(14-12-30)24(33)16-7-9-17(26)10-8-16/h3-10,15H,2,11-14H2,1H3. The lowest BCUT2D eigenvalue weighted by Gasteiger charge is -2.35. The molecule has 2 aromatic heterocycles. The molecule has 168 valence electrons. The number of halogens is 2. The summed E-state index contributed by atoms with van der Waals surface area (Å²) in [6.45, 7) is 4.35. The lowest BCUT2D eigenvalue weighted by molar-refractivity contribution is 0.0746. The Morgan fingerprint density at radius 1 is 1.03 bits per heavy atom. The molecule has 7 nitrogen and oxygen atoms in total. The maximum Gasteiger partial charge on any atom is 0.253 e. The molecule has 1 aliphatic heterocycles. The number of carbonyl (C=O) groups excluding carboxylic acids is 1. The van der Waals surface area contributed by atoms with Gasteiger partial charge in [-0.15, -0.1) is 0 Å². The molecule has 0 aliphatic carbocycles. The Kier molecular flexibility index (Phi) is 5.68. The zero-order valence-electron chi connectivity index (χ0n) is 18.1. The van der Waals surface area contributed by atoms with Crippen LogP contribution in [0.1, 0.15) is 23.1 Å². The molecule has 3 heterocycles. The third-order valence-corrected chi connectivity index (χ3v) is 6.13. The van der Waals surface area contributed by atoms with Gasteiger partial charge in [0.1, 0.15) is 17.5 Å². The number of hydrogen-bond donors (Lipinski definition) is 0. The van der Waals surface area contributed by atoms with Gasteiger partial charge in [-0.1, -0.05) is 30.7 Å². The number of rotatable bonds is 4. The Morgan fingerprint density at radius 3 is 2.45 bits per heavy atom. The topological polar surface area (TPSA) is 67.2 Å². The smallest absolute Gasteiger partial charge is 0.253 e. The van der Waals surface area contributed by atoms with E-state index >= 15 is 0 Å². The minimum atomic E-state index is -0.354. The van der Waals surface area contributed by atoms with Gasteiger partial charge in [0.2, 0.25) is 0 Å². The maximum absolute atomic E-state index is 13.2. The SMILES string of the molecule is CCc1nc(N2CCN(C(=O)c3ccc(F)cc3)CC2)c2cnn(-c3ccccc3Cl)c2n1. The number of carbonyl (C=O) groups is 1. The second-order valence-corrected chi connectivity index (χ2v) is 8.26. The highest BCUT2D eigenvalue weighted by Crippen LogP contribution is 2.29. The molecule has 1 amide bonds. The van der Waals surface area contributed by atoms with Gasteiger partial charge in [-0.2, -0.15) is 5.10 Å². The van der Waals surface area contributed by atoms with Crippen molar-refractivity contribution in [3.63, 3.8) is 0 Å². The molecule has 0 spiro atoms. The van der Waals surface area contributed by atoms with E-state index in [2.05, 4.69) is 10.00 Å². The van der Waals surface area contributed by atoms with Crippen molar-refractivity contribution < 1.29 is 9.18 Å². The number of benzene rings is 2. The molecule has 2 aromatic carbocycles. The molecule has 1 fully saturated rings. The molecule has 0 radical (unpaired) electrons. The van der Waals surface area contributed by atoms with E-state index in [0.717, 1.165) is 22.7 Å². The molecule has 0 N–H and O–H groups in total. The van der Waals surface area contributed by atoms with Gasteiger partial charge >= 0.3 is 0 Å². The number of piperazine rings is 1. The third-order valence-electron chi connectivity index (χ3n) is 5.81. The highest BCUT2D eigenvalue weighted by Gasteiger charge is 2.26. The number of para-hydroxylation sites is 1. The van der Waals surface area contributed by atoms with Crippen LogP contribution < -0.4 is 4.90 Å². The Hall–Kier alpha value is -3.52. The summed E-state index contributed by atoms with van der Waals surface area (Å²) in [4.78, 5) is 26.3. The summed E-state index contributed by atoms with van der Waals surface area (Å²) in [6, 6.07) is 13.2. The molecule has 1 aliphatic rings. The fraction of sp³-hybridized carbons (Fsp3) is 0.250. The molecule has 5 rings (SSSR count). The number of anilines is 1. The average molecular weight is 465 g/mol. The van der Waals surface area contributed by atoms with Gasteiger partial charge in [0.05, 0.1) is 22.3 Å². The fourth-order valence-electron chi connectivity index (χ4n) is 4.03. The minimum Gasteiger partial charge on any atom is -0.352 e. The predicted octanol–water partition coefficient (Wildman–Crippen LogP) is 4.13. The Bertz CT molecular complexity index is 1310. The Labute approximate surface area is 195 Å². The molecule has 0 atom stereocenters. The van der Waals surface area contributed by atoms with E-state index in [-0.39, 0.29) is 11.7 Å². The van der Waals surface area contributed by atoms with E-state index in [1.165, 1.54) is 24.3 Å². The highest BCUT2D eigenvalue weighted by molar-refractivity contribution is 6.32. The van der Waals surface area contributed by atoms with Gasteiger partial charge in [0.25, 0.3) is 5.91 Å². The summed E-state index contributed by atoms with van der Waals surface area (Å²) in [5.41, 5.74) is 1.95. The largest absolute Gasteiger partial charge is 0.352 e. The van der Waals surface area contributed by atoms with Crippen molar-refractivity contribution in [2.24, 2.45) is 0 Å². The van der Waals surface area contributed by atoms with Crippen molar-refractivity contribution in [2.45, 2.75) is 13.3 Å². The summed E-state index contributed by atoms with van der Waals surface area (Å²) >= 11 is 6.41. The van der Waals surface area contributed by atoms with Gasteiger partial charge in [-0.3, -0.25) is 4.79 Å². The maximum atomic E-state index is 13.2. The molecule has 0 saturated carbocycles. The van der Waals surface area contributed by atoms with E-state index in [4.69, 9.17) is 21.6 Å². The Morgan fingerprint density at radius 2 is 1.76 bits per heavy atom. The molecule has 4 aromatic rings. The van der Waals surface area contributed by atoms with Crippen LogP contribution in [-0.2, 0) is 6.42 Å². The van der Waals surface area contributed by atoms with Crippen molar-refractivity contribution >= 4 is 34.4 Å². The van der Waals surface area contributed by atoms with Crippen LogP contribution in [0.2, 0.25) is 5.02 Å². The lowest BCUT2D eigenvalue weighted by atomic mass is 10.1. The monoisotopic (exact) mass is 464 g/mol. The van der Waals surface area contributed by atoms with Crippen LogP contribution in [0.4, 0.5) is 10.2 Å². The first-order valence-electron chi connectivity index (χ1n) is 10.8. The number of aryl methyl sites for hydroxylation is 1. The highest BCUT2D eigenvalue weighted by atomic mass is 35.5. The van der Waals surface area contributed by atoms with Crippen molar-refractivity contribution in [3.05, 3.63) is 77.0 Å². The average Bonchev–Trinajstić information content (AvgIpc) is 3.27. The second kappa shape index (κ2) is 8.78. The minimum absolute atomic E-state index is 0.0942. The van der Waals surface area contributed by atoms with Gasteiger partial charge in [0.15, 0.2) is 5.65 Å². The predicted molar refractivity (Wildman–Crippen MR) is 126 cm³/mol. The first-order valence-corrected chi connectivity index (χ1v) is 11.2. The molecule has 0 bridgehead atoms. The molecule has 1 saturated heterocycles.